The molecule has 1 amide bonds. The Labute approximate surface area is 196 Å². The lowest BCUT2D eigenvalue weighted by atomic mass is 10.2. The lowest BCUT2D eigenvalue weighted by molar-refractivity contribution is -0.137. The first-order valence-electron chi connectivity index (χ1n) is 9.48. The Bertz CT molecular complexity index is 1110. The number of hydrogen-bond donors (Lipinski definition) is 2. The molecule has 3 aromatic carbocycles. The Kier molecular flexibility index (Phi) is 7.87. The molecule has 0 heterocycles. The third kappa shape index (κ3) is 6.80. The van der Waals surface area contributed by atoms with Gasteiger partial charge in [-0.15, -0.1) is 0 Å². The molecule has 0 aliphatic carbocycles. The van der Waals surface area contributed by atoms with Crippen LogP contribution in [0.1, 0.15) is 21.5 Å². The summed E-state index contributed by atoms with van der Waals surface area (Å²) in [5, 5.41) is 4.92. The third-order valence-corrected chi connectivity index (χ3v) is 5.18. The smallest absolute Gasteiger partial charge is 0.416 e. The number of rotatable bonds is 6. The highest BCUT2D eigenvalue weighted by atomic mass is 79.9. The minimum absolute atomic E-state index is 0.117. The van der Waals surface area contributed by atoms with Crippen LogP contribution in [0.2, 0.25) is 0 Å². The lowest BCUT2D eigenvalue weighted by Crippen LogP contribution is -2.34. The molecule has 4 nitrogen and oxygen atoms in total. The Morgan fingerprint density at radius 2 is 1.75 bits per heavy atom. The number of anilines is 1. The number of halogens is 4. The van der Waals surface area contributed by atoms with Crippen molar-refractivity contribution >= 4 is 44.9 Å². The molecule has 0 saturated heterocycles. The van der Waals surface area contributed by atoms with E-state index in [0.29, 0.717) is 22.4 Å². The number of carbonyl (C=O) groups excluding carboxylic acids is 1. The van der Waals surface area contributed by atoms with E-state index in [2.05, 4.69) is 26.6 Å². The summed E-state index contributed by atoms with van der Waals surface area (Å²) in [5.74, 6) is 0.0770. The van der Waals surface area contributed by atoms with Crippen molar-refractivity contribution < 1.29 is 22.7 Å². The summed E-state index contributed by atoms with van der Waals surface area (Å²) in [4.78, 5) is 12.5. The molecule has 166 valence electrons. The van der Waals surface area contributed by atoms with E-state index in [1.54, 1.807) is 18.2 Å². The number of alkyl halides is 3. The summed E-state index contributed by atoms with van der Waals surface area (Å²) in [6, 6.07) is 19.3. The van der Waals surface area contributed by atoms with Gasteiger partial charge in [-0.3, -0.25) is 10.1 Å². The van der Waals surface area contributed by atoms with Crippen molar-refractivity contribution in [3.8, 4) is 5.75 Å². The first-order chi connectivity index (χ1) is 15.2. The minimum atomic E-state index is -4.47. The highest BCUT2D eigenvalue weighted by Gasteiger charge is 2.30. The molecule has 0 aromatic heterocycles. The van der Waals surface area contributed by atoms with E-state index in [-0.39, 0.29) is 10.8 Å². The summed E-state index contributed by atoms with van der Waals surface area (Å²) in [7, 11) is 0. The highest BCUT2D eigenvalue weighted by molar-refractivity contribution is 9.10. The van der Waals surface area contributed by atoms with Gasteiger partial charge in [0.1, 0.15) is 5.75 Å². The molecule has 0 fully saturated rings. The maximum atomic E-state index is 12.8. The van der Waals surface area contributed by atoms with Gasteiger partial charge >= 0.3 is 6.18 Å². The summed E-state index contributed by atoms with van der Waals surface area (Å²) in [6.07, 6.45) is -3.73. The molecule has 0 radical (unpaired) electrons. The molecular weight excluding hydrogens is 505 g/mol. The highest BCUT2D eigenvalue weighted by Crippen LogP contribution is 2.30. The van der Waals surface area contributed by atoms with Crippen molar-refractivity contribution in [2.24, 2.45) is 0 Å². The number of nitrogens with one attached hydrogen (secondary N) is 2. The van der Waals surface area contributed by atoms with E-state index < -0.39 is 17.6 Å². The van der Waals surface area contributed by atoms with E-state index in [9.17, 15) is 18.0 Å². The second-order valence-electron chi connectivity index (χ2n) is 6.72. The van der Waals surface area contributed by atoms with Gasteiger partial charge in [-0.25, -0.2) is 0 Å². The summed E-state index contributed by atoms with van der Waals surface area (Å²) >= 11 is 8.44. The van der Waals surface area contributed by atoms with Crippen molar-refractivity contribution in [3.63, 3.8) is 0 Å². The van der Waals surface area contributed by atoms with Crippen LogP contribution in [0.3, 0.4) is 0 Å². The van der Waals surface area contributed by atoms with Gasteiger partial charge in [0, 0.05) is 17.7 Å². The van der Waals surface area contributed by atoms with Crippen LogP contribution in [0, 0.1) is 0 Å². The summed E-state index contributed by atoms with van der Waals surface area (Å²) in [5.41, 5.74) is 0.763. The Morgan fingerprint density at radius 3 is 2.44 bits per heavy atom. The van der Waals surface area contributed by atoms with Crippen LogP contribution in [0.5, 0.6) is 5.75 Å². The normalized spacial score (nSPS) is 11.0. The van der Waals surface area contributed by atoms with Gasteiger partial charge in [0.25, 0.3) is 5.91 Å². The predicted molar refractivity (Wildman–Crippen MR) is 125 cm³/mol. The molecule has 0 atom stereocenters. The minimum Gasteiger partial charge on any atom is -0.492 e. The van der Waals surface area contributed by atoms with Crippen molar-refractivity contribution in [1.82, 2.24) is 5.32 Å². The zero-order valence-electron chi connectivity index (χ0n) is 16.6. The zero-order chi connectivity index (χ0) is 23.1. The molecule has 3 rings (SSSR count). The number of thiocarbonyl (C=S) groups is 1. The maximum Gasteiger partial charge on any atom is 0.416 e. The monoisotopic (exact) mass is 522 g/mol. The standard InChI is InChI=1S/C23H18BrF3N2O2S/c24-19-13-16(9-10-20(19)31-12-11-15-5-2-1-3-6-15)21(30)29-22(32)28-18-8-4-7-17(14-18)23(25,26)27/h1-10,13-14H,11-12H2,(H2,28,29,30,32). The maximum absolute atomic E-state index is 12.8. The number of hydrogen-bond acceptors (Lipinski definition) is 3. The molecule has 32 heavy (non-hydrogen) atoms. The van der Waals surface area contributed by atoms with Gasteiger partial charge in [0.15, 0.2) is 5.11 Å². The molecule has 0 aliphatic heterocycles. The molecule has 3 aromatic rings. The SMILES string of the molecule is O=C(NC(=S)Nc1cccc(C(F)(F)F)c1)c1ccc(OCCc2ccccc2)c(Br)c1. The molecule has 9 heteroatoms. The van der Waals surface area contributed by atoms with Crippen LogP contribution in [-0.4, -0.2) is 17.6 Å². The van der Waals surface area contributed by atoms with Crippen LogP contribution < -0.4 is 15.4 Å². The molecule has 0 bridgehead atoms. The fourth-order valence-corrected chi connectivity index (χ4v) is 3.50. The molecular formula is C23H18BrF3N2O2S. The number of amides is 1. The van der Waals surface area contributed by atoms with Crippen molar-refractivity contribution in [2.45, 2.75) is 12.6 Å². The lowest BCUT2D eigenvalue weighted by Gasteiger charge is -2.13. The van der Waals surface area contributed by atoms with Crippen LogP contribution in [0.4, 0.5) is 18.9 Å². The molecule has 2 N–H and O–H groups in total. The van der Waals surface area contributed by atoms with Crippen LogP contribution >= 0.6 is 28.1 Å². The van der Waals surface area contributed by atoms with E-state index in [1.807, 2.05) is 30.3 Å². The second kappa shape index (κ2) is 10.6. The van der Waals surface area contributed by atoms with Gasteiger partial charge in [-0.05, 0) is 70.1 Å². The Morgan fingerprint density at radius 1 is 1.00 bits per heavy atom. The topological polar surface area (TPSA) is 50.4 Å². The molecule has 0 saturated carbocycles. The third-order valence-electron chi connectivity index (χ3n) is 4.36. The largest absolute Gasteiger partial charge is 0.492 e. The van der Waals surface area contributed by atoms with E-state index in [4.69, 9.17) is 17.0 Å². The Balaban J connectivity index is 1.55. The average molecular weight is 523 g/mol. The molecule has 0 spiro atoms. The molecule has 0 aliphatic rings. The van der Waals surface area contributed by atoms with Crippen LogP contribution in [0.15, 0.2) is 77.3 Å². The average Bonchev–Trinajstić information content (AvgIpc) is 2.75. The first kappa shape index (κ1) is 23.7. The fraction of sp³-hybridized carbons (Fsp3) is 0.130. The van der Waals surface area contributed by atoms with Crippen molar-refractivity contribution in [3.05, 3.63) is 94.0 Å². The second-order valence-corrected chi connectivity index (χ2v) is 7.98. The Hall–Kier alpha value is -2.91. The summed E-state index contributed by atoms with van der Waals surface area (Å²) < 4.78 is 44.8. The van der Waals surface area contributed by atoms with Gasteiger partial charge in [0.2, 0.25) is 0 Å². The van der Waals surface area contributed by atoms with Crippen molar-refractivity contribution in [2.75, 3.05) is 11.9 Å². The first-order valence-corrected chi connectivity index (χ1v) is 10.7. The number of ether oxygens (including phenoxy) is 1. The van der Waals surface area contributed by atoms with Crippen molar-refractivity contribution in [1.29, 1.82) is 0 Å². The van der Waals surface area contributed by atoms with Crippen LogP contribution in [0.25, 0.3) is 0 Å². The van der Waals surface area contributed by atoms with Gasteiger partial charge in [0.05, 0.1) is 16.6 Å². The number of benzene rings is 3. The summed E-state index contributed by atoms with van der Waals surface area (Å²) in [6.45, 7) is 0.471. The van der Waals surface area contributed by atoms with Gasteiger partial charge in [-0.2, -0.15) is 13.2 Å². The quantitative estimate of drug-likeness (QED) is 0.377. The number of carbonyl (C=O) groups is 1. The van der Waals surface area contributed by atoms with Crippen LogP contribution in [-0.2, 0) is 12.6 Å². The van der Waals surface area contributed by atoms with E-state index >= 15 is 0 Å². The predicted octanol–water partition coefficient (Wildman–Crippen LogP) is 6.22. The molecule has 0 unspecified atom stereocenters. The fourth-order valence-electron chi connectivity index (χ4n) is 2.79. The van der Waals surface area contributed by atoms with Gasteiger partial charge < -0.3 is 10.1 Å². The van der Waals surface area contributed by atoms with E-state index in [0.717, 1.165) is 24.1 Å². The zero-order valence-corrected chi connectivity index (χ0v) is 19.0. The van der Waals surface area contributed by atoms with Gasteiger partial charge in [-0.1, -0.05) is 36.4 Å². The van der Waals surface area contributed by atoms with E-state index in [1.165, 1.54) is 12.1 Å².